The molecule has 2 N–H and O–H groups in total. The van der Waals surface area contributed by atoms with Crippen LogP contribution in [0.3, 0.4) is 0 Å². The molecule has 1 aromatic carbocycles. The second kappa shape index (κ2) is 6.02. The zero-order valence-corrected chi connectivity index (χ0v) is 10.1. The third-order valence-electron chi connectivity index (χ3n) is 2.08. The average molecular weight is 267 g/mol. The zero-order valence-electron chi connectivity index (χ0n) is 9.39. The van der Waals surface area contributed by atoms with Crippen molar-refractivity contribution in [3.8, 4) is 5.75 Å². The molecule has 94 valence electrons. The number of hydrogen-bond donors (Lipinski definition) is 2. The van der Waals surface area contributed by atoms with Gasteiger partial charge in [0.1, 0.15) is 17.9 Å². The summed E-state index contributed by atoms with van der Waals surface area (Å²) < 4.78 is 5.28. The normalized spacial score (nSPS) is 10.1. The van der Waals surface area contributed by atoms with Gasteiger partial charge in [-0.1, -0.05) is 17.7 Å². The number of carbonyl (C=O) groups excluding carboxylic acids is 1. The molecule has 1 aromatic heterocycles. The van der Waals surface area contributed by atoms with Crippen molar-refractivity contribution in [2.45, 2.75) is 6.54 Å². The fourth-order valence-corrected chi connectivity index (χ4v) is 1.44. The summed E-state index contributed by atoms with van der Waals surface area (Å²) in [4.78, 5) is 15.3. The number of halogens is 1. The van der Waals surface area contributed by atoms with Crippen molar-refractivity contribution in [3.63, 3.8) is 0 Å². The molecule has 7 heteroatoms. The lowest BCUT2D eigenvalue weighted by atomic mass is 10.3. The first-order valence-corrected chi connectivity index (χ1v) is 5.61. The standard InChI is InChI=1S/C11H11ClN4O2/c12-8-2-1-3-9(4-8)18-6-11(17)13-5-10-14-7-15-16-10/h1-4,7H,5-6H2,(H,13,17)(H,14,15,16). The van der Waals surface area contributed by atoms with Crippen LogP contribution < -0.4 is 10.1 Å². The molecular weight excluding hydrogens is 256 g/mol. The van der Waals surface area contributed by atoms with Gasteiger partial charge in [0.25, 0.3) is 5.91 Å². The Labute approximate surface area is 108 Å². The van der Waals surface area contributed by atoms with Crippen LogP contribution in [0.25, 0.3) is 0 Å². The van der Waals surface area contributed by atoms with Crippen LogP contribution in [0, 0.1) is 0 Å². The predicted molar refractivity (Wildman–Crippen MR) is 65.2 cm³/mol. The zero-order chi connectivity index (χ0) is 12.8. The molecule has 1 amide bonds. The third-order valence-corrected chi connectivity index (χ3v) is 2.32. The van der Waals surface area contributed by atoms with Gasteiger partial charge in [-0.2, -0.15) is 5.10 Å². The Morgan fingerprint density at radius 1 is 1.50 bits per heavy atom. The summed E-state index contributed by atoms with van der Waals surface area (Å²) in [5.41, 5.74) is 0. The van der Waals surface area contributed by atoms with E-state index in [0.29, 0.717) is 16.6 Å². The molecule has 1 heterocycles. The summed E-state index contributed by atoms with van der Waals surface area (Å²) in [6.07, 6.45) is 1.38. The van der Waals surface area contributed by atoms with Gasteiger partial charge in [0.15, 0.2) is 6.61 Å². The minimum atomic E-state index is -0.244. The van der Waals surface area contributed by atoms with Crippen LogP contribution in [0.15, 0.2) is 30.6 Å². The highest BCUT2D eigenvalue weighted by Crippen LogP contribution is 2.16. The molecule has 0 aliphatic carbocycles. The fourth-order valence-electron chi connectivity index (χ4n) is 1.25. The van der Waals surface area contributed by atoms with Crippen molar-refractivity contribution >= 4 is 17.5 Å². The van der Waals surface area contributed by atoms with Gasteiger partial charge in [0.2, 0.25) is 0 Å². The topological polar surface area (TPSA) is 79.9 Å². The highest BCUT2D eigenvalue weighted by Gasteiger charge is 2.04. The Morgan fingerprint density at radius 3 is 3.11 bits per heavy atom. The molecule has 2 aromatic rings. The monoisotopic (exact) mass is 266 g/mol. The number of amides is 1. The molecule has 0 atom stereocenters. The van der Waals surface area contributed by atoms with Crippen molar-refractivity contribution in [1.82, 2.24) is 20.5 Å². The molecule has 0 bridgehead atoms. The minimum Gasteiger partial charge on any atom is -0.484 e. The summed E-state index contributed by atoms with van der Waals surface area (Å²) in [6.45, 7) is 0.215. The second-order valence-corrected chi connectivity index (χ2v) is 3.89. The van der Waals surface area contributed by atoms with E-state index in [1.165, 1.54) is 6.33 Å². The molecule has 0 radical (unpaired) electrons. The summed E-state index contributed by atoms with van der Waals surface area (Å²) in [5.74, 6) is 0.898. The van der Waals surface area contributed by atoms with Crippen LogP contribution in [0.4, 0.5) is 0 Å². The molecular formula is C11H11ClN4O2. The fraction of sp³-hybridized carbons (Fsp3) is 0.182. The molecule has 0 saturated heterocycles. The van der Waals surface area contributed by atoms with Crippen LogP contribution in [-0.4, -0.2) is 27.7 Å². The van der Waals surface area contributed by atoms with E-state index in [1.54, 1.807) is 24.3 Å². The van der Waals surface area contributed by atoms with Gasteiger partial charge in [-0.15, -0.1) is 0 Å². The summed E-state index contributed by atoms with van der Waals surface area (Å²) in [5, 5.41) is 9.51. The number of H-pyrrole nitrogens is 1. The van der Waals surface area contributed by atoms with Crippen molar-refractivity contribution in [3.05, 3.63) is 41.4 Å². The maximum absolute atomic E-state index is 11.5. The van der Waals surface area contributed by atoms with E-state index < -0.39 is 0 Å². The molecule has 0 fully saturated rings. The molecule has 2 rings (SSSR count). The lowest BCUT2D eigenvalue weighted by molar-refractivity contribution is -0.123. The molecule has 18 heavy (non-hydrogen) atoms. The van der Waals surface area contributed by atoms with E-state index in [2.05, 4.69) is 20.5 Å². The van der Waals surface area contributed by atoms with Crippen molar-refractivity contribution in [2.75, 3.05) is 6.61 Å². The maximum atomic E-state index is 11.5. The van der Waals surface area contributed by atoms with Crippen LogP contribution in [0.2, 0.25) is 5.02 Å². The van der Waals surface area contributed by atoms with Gasteiger partial charge >= 0.3 is 0 Å². The van der Waals surface area contributed by atoms with Gasteiger partial charge in [0, 0.05) is 5.02 Å². The first-order chi connectivity index (χ1) is 8.74. The van der Waals surface area contributed by atoms with E-state index in [0.717, 1.165) is 0 Å². The highest BCUT2D eigenvalue weighted by atomic mass is 35.5. The summed E-state index contributed by atoms with van der Waals surface area (Å²) in [7, 11) is 0. The molecule has 0 aliphatic heterocycles. The van der Waals surface area contributed by atoms with E-state index >= 15 is 0 Å². The van der Waals surface area contributed by atoms with Crippen LogP contribution in [0.1, 0.15) is 5.82 Å². The predicted octanol–water partition coefficient (Wildman–Crippen LogP) is 1.15. The Bertz CT molecular complexity index is 516. The summed E-state index contributed by atoms with van der Waals surface area (Å²) in [6, 6.07) is 6.86. The van der Waals surface area contributed by atoms with Crippen molar-refractivity contribution in [1.29, 1.82) is 0 Å². The van der Waals surface area contributed by atoms with Gasteiger partial charge in [-0.25, -0.2) is 4.98 Å². The van der Waals surface area contributed by atoms with Crippen molar-refractivity contribution < 1.29 is 9.53 Å². The lowest BCUT2D eigenvalue weighted by Gasteiger charge is -2.06. The Kier molecular flexibility index (Phi) is 4.14. The Morgan fingerprint density at radius 2 is 2.39 bits per heavy atom. The van der Waals surface area contributed by atoms with Gasteiger partial charge in [0.05, 0.1) is 6.54 Å². The van der Waals surface area contributed by atoms with Gasteiger partial charge in [-0.05, 0) is 18.2 Å². The van der Waals surface area contributed by atoms with E-state index in [1.807, 2.05) is 0 Å². The maximum Gasteiger partial charge on any atom is 0.258 e. The number of carbonyl (C=O) groups is 1. The molecule has 0 spiro atoms. The number of nitrogens with one attached hydrogen (secondary N) is 2. The average Bonchev–Trinajstić information content (AvgIpc) is 2.87. The SMILES string of the molecule is O=C(COc1cccc(Cl)c1)NCc1ncn[nH]1. The largest absolute Gasteiger partial charge is 0.484 e. The number of aromatic amines is 1. The number of benzene rings is 1. The Balaban J connectivity index is 1.75. The second-order valence-electron chi connectivity index (χ2n) is 3.45. The molecule has 0 unspecified atom stereocenters. The van der Waals surface area contributed by atoms with E-state index in [4.69, 9.17) is 16.3 Å². The van der Waals surface area contributed by atoms with Crippen LogP contribution in [0.5, 0.6) is 5.75 Å². The molecule has 0 saturated carbocycles. The smallest absolute Gasteiger partial charge is 0.258 e. The third kappa shape index (κ3) is 3.74. The first kappa shape index (κ1) is 12.4. The van der Waals surface area contributed by atoms with Crippen LogP contribution >= 0.6 is 11.6 Å². The van der Waals surface area contributed by atoms with Crippen LogP contribution in [-0.2, 0) is 11.3 Å². The van der Waals surface area contributed by atoms with Gasteiger partial charge < -0.3 is 10.1 Å². The summed E-state index contributed by atoms with van der Waals surface area (Å²) >= 11 is 5.79. The molecule has 0 aliphatic rings. The van der Waals surface area contributed by atoms with E-state index in [-0.39, 0.29) is 19.1 Å². The van der Waals surface area contributed by atoms with Crippen molar-refractivity contribution in [2.24, 2.45) is 0 Å². The number of ether oxygens (including phenoxy) is 1. The van der Waals surface area contributed by atoms with Gasteiger partial charge in [-0.3, -0.25) is 9.89 Å². The molecule has 6 nitrogen and oxygen atoms in total. The first-order valence-electron chi connectivity index (χ1n) is 5.23. The van der Waals surface area contributed by atoms with E-state index in [9.17, 15) is 4.79 Å². The number of nitrogens with zero attached hydrogens (tertiary/aromatic N) is 2. The highest BCUT2D eigenvalue weighted by molar-refractivity contribution is 6.30. The number of hydrogen-bond acceptors (Lipinski definition) is 4. The minimum absolute atomic E-state index is 0.0749. The number of aromatic nitrogens is 3. The number of rotatable bonds is 5. The lowest BCUT2D eigenvalue weighted by Crippen LogP contribution is -2.28. The quantitative estimate of drug-likeness (QED) is 0.851. The Hall–Kier alpha value is -2.08.